The molecule has 0 fully saturated rings. The molecule has 0 saturated carbocycles. The van der Waals surface area contributed by atoms with Gasteiger partial charge >= 0.3 is 0 Å². The average Bonchev–Trinajstić information content (AvgIpc) is 3.12. The van der Waals surface area contributed by atoms with Gasteiger partial charge in [0.1, 0.15) is 0 Å². The molecule has 0 spiro atoms. The second kappa shape index (κ2) is 11.5. The number of aryl methyl sites for hydroxylation is 3. The number of rotatable bonds is 8. The van der Waals surface area contributed by atoms with Crippen molar-refractivity contribution in [3.8, 4) is 0 Å². The Labute approximate surface area is 220 Å². The molecular formula is C25H29Cl2N5O2S. The van der Waals surface area contributed by atoms with Crippen LogP contribution in [0.4, 0.5) is 5.69 Å². The molecular weight excluding hydrogens is 505 g/mol. The number of nitrogens with zero attached hydrogens (tertiary/aromatic N) is 3. The van der Waals surface area contributed by atoms with Crippen molar-refractivity contribution < 1.29 is 9.59 Å². The van der Waals surface area contributed by atoms with E-state index in [1.54, 1.807) is 16.7 Å². The first-order valence-electron chi connectivity index (χ1n) is 11.1. The zero-order chi connectivity index (χ0) is 25.9. The van der Waals surface area contributed by atoms with Gasteiger partial charge in [-0.3, -0.25) is 9.59 Å². The van der Waals surface area contributed by atoms with E-state index in [0.29, 0.717) is 21.6 Å². The van der Waals surface area contributed by atoms with Crippen molar-refractivity contribution in [3.63, 3.8) is 0 Å². The first-order chi connectivity index (χ1) is 16.5. The highest BCUT2D eigenvalue weighted by Crippen LogP contribution is 2.27. The minimum atomic E-state index is -0.409. The molecule has 0 saturated heterocycles. The van der Waals surface area contributed by atoms with E-state index in [1.807, 2.05) is 53.8 Å². The Morgan fingerprint density at radius 3 is 2.31 bits per heavy atom. The molecule has 0 aliphatic rings. The number of halogens is 2. The van der Waals surface area contributed by atoms with Crippen LogP contribution in [0.2, 0.25) is 10.0 Å². The summed E-state index contributed by atoms with van der Waals surface area (Å²) in [6.45, 7) is 9.96. The van der Waals surface area contributed by atoms with Crippen molar-refractivity contribution in [1.29, 1.82) is 0 Å². The molecule has 3 aromatic rings. The van der Waals surface area contributed by atoms with E-state index in [9.17, 15) is 9.59 Å². The summed E-state index contributed by atoms with van der Waals surface area (Å²) < 4.78 is 1.80. The lowest BCUT2D eigenvalue weighted by Crippen LogP contribution is -2.33. The fraction of sp³-hybridized carbons (Fsp3) is 0.360. The second-order valence-electron chi connectivity index (χ2n) is 8.83. The molecule has 10 heteroatoms. The van der Waals surface area contributed by atoms with Crippen molar-refractivity contribution in [1.82, 2.24) is 20.1 Å². The summed E-state index contributed by atoms with van der Waals surface area (Å²) in [6.07, 6.45) is 0. The Morgan fingerprint density at radius 2 is 1.71 bits per heavy atom. The molecule has 0 unspecified atom stereocenters. The predicted octanol–water partition coefficient (Wildman–Crippen LogP) is 5.91. The van der Waals surface area contributed by atoms with Crippen LogP contribution in [-0.4, -0.2) is 32.3 Å². The zero-order valence-corrected chi connectivity index (χ0v) is 22.9. The highest BCUT2D eigenvalue weighted by molar-refractivity contribution is 7.99. The van der Waals surface area contributed by atoms with Crippen LogP contribution in [0.3, 0.4) is 0 Å². The highest BCUT2D eigenvalue weighted by Gasteiger charge is 2.26. The van der Waals surface area contributed by atoms with Crippen LogP contribution in [0.15, 0.2) is 35.5 Å². The van der Waals surface area contributed by atoms with Crippen molar-refractivity contribution in [3.05, 3.63) is 68.5 Å². The van der Waals surface area contributed by atoms with Gasteiger partial charge in [0.2, 0.25) is 5.91 Å². The summed E-state index contributed by atoms with van der Waals surface area (Å²) in [5.74, 6) is 0.345. The van der Waals surface area contributed by atoms with Crippen LogP contribution in [0.1, 0.15) is 52.8 Å². The van der Waals surface area contributed by atoms with Crippen LogP contribution < -0.4 is 10.6 Å². The summed E-state index contributed by atoms with van der Waals surface area (Å²) in [5, 5.41) is 15.9. The van der Waals surface area contributed by atoms with Gasteiger partial charge in [0.25, 0.3) is 5.91 Å². The van der Waals surface area contributed by atoms with E-state index in [4.69, 9.17) is 23.2 Å². The molecule has 2 amide bonds. The van der Waals surface area contributed by atoms with Crippen molar-refractivity contribution in [2.24, 2.45) is 13.0 Å². The number of anilines is 1. The van der Waals surface area contributed by atoms with E-state index in [2.05, 4.69) is 20.8 Å². The summed E-state index contributed by atoms with van der Waals surface area (Å²) >= 11 is 13.4. The number of aromatic nitrogens is 3. The minimum Gasteiger partial charge on any atom is -0.342 e. The van der Waals surface area contributed by atoms with Gasteiger partial charge < -0.3 is 15.2 Å². The van der Waals surface area contributed by atoms with Crippen LogP contribution in [0.5, 0.6) is 0 Å². The molecule has 7 nitrogen and oxygen atoms in total. The Hall–Kier alpha value is -2.55. The SMILES string of the molecule is Cc1cc(C)c(NC(=O)CSc2nnc([C@H](NC(=O)c3ccc(Cl)cc3Cl)C(C)C)n2C)c(C)c1. The van der Waals surface area contributed by atoms with Gasteiger partial charge in [-0.15, -0.1) is 10.2 Å². The normalized spacial score (nSPS) is 12.0. The zero-order valence-electron chi connectivity index (χ0n) is 20.6. The van der Waals surface area contributed by atoms with E-state index in [-0.39, 0.29) is 28.5 Å². The van der Waals surface area contributed by atoms with Gasteiger partial charge in [-0.05, 0) is 56.0 Å². The quantitative estimate of drug-likeness (QED) is 0.351. The molecule has 0 aliphatic heterocycles. The first-order valence-corrected chi connectivity index (χ1v) is 12.9. The number of carbonyl (C=O) groups is 2. The Morgan fingerprint density at radius 1 is 1.06 bits per heavy atom. The van der Waals surface area contributed by atoms with Crippen LogP contribution in [0, 0.1) is 26.7 Å². The third-order valence-corrected chi connectivity index (χ3v) is 7.12. The summed E-state index contributed by atoms with van der Waals surface area (Å²) in [5.41, 5.74) is 4.38. The van der Waals surface area contributed by atoms with Crippen LogP contribution in [-0.2, 0) is 11.8 Å². The molecule has 1 aromatic heterocycles. The smallest absolute Gasteiger partial charge is 0.253 e. The van der Waals surface area contributed by atoms with Gasteiger partial charge in [0, 0.05) is 17.8 Å². The Kier molecular flexibility index (Phi) is 8.85. The number of hydrogen-bond donors (Lipinski definition) is 2. The number of amides is 2. The molecule has 0 aliphatic carbocycles. The number of nitrogens with one attached hydrogen (secondary N) is 2. The topological polar surface area (TPSA) is 88.9 Å². The fourth-order valence-electron chi connectivity index (χ4n) is 3.83. The van der Waals surface area contributed by atoms with Crippen LogP contribution in [0.25, 0.3) is 0 Å². The van der Waals surface area contributed by atoms with E-state index >= 15 is 0 Å². The third kappa shape index (κ3) is 6.57. The highest BCUT2D eigenvalue weighted by atomic mass is 35.5. The molecule has 2 aromatic carbocycles. The van der Waals surface area contributed by atoms with Crippen LogP contribution >= 0.6 is 35.0 Å². The molecule has 1 atom stereocenters. The monoisotopic (exact) mass is 533 g/mol. The van der Waals surface area contributed by atoms with Crippen molar-refractivity contribution in [2.75, 3.05) is 11.1 Å². The molecule has 3 rings (SSSR count). The number of hydrogen-bond acceptors (Lipinski definition) is 5. The maximum absolute atomic E-state index is 12.9. The molecule has 35 heavy (non-hydrogen) atoms. The molecule has 0 bridgehead atoms. The number of thioether (sulfide) groups is 1. The summed E-state index contributed by atoms with van der Waals surface area (Å²) in [7, 11) is 1.82. The first kappa shape index (κ1) is 27.0. The Balaban J connectivity index is 1.70. The summed E-state index contributed by atoms with van der Waals surface area (Å²) in [4.78, 5) is 25.5. The largest absolute Gasteiger partial charge is 0.342 e. The lowest BCUT2D eigenvalue weighted by molar-refractivity contribution is -0.113. The predicted molar refractivity (Wildman–Crippen MR) is 143 cm³/mol. The van der Waals surface area contributed by atoms with Gasteiger partial charge in [-0.25, -0.2) is 0 Å². The van der Waals surface area contributed by atoms with E-state index in [1.165, 1.54) is 17.8 Å². The molecule has 186 valence electrons. The maximum atomic E-state index is 12.9. The maximum Gasteiger partial charge on any atom is 0.253 e. The van der Waals surface area contributed by atoms with E-state index in [0.717, 1.165) is 22.4 Å². The van der Waals surface area contributed by atoms with Crippen molar-refractivity contribution >= 4 is 52.5 Å². The molecule has 2 N–H and O–H groups in total. The standard InChI is InChI=1S/C25H29Cl2N5O2S/c1-13(2)21(29-24(34)18-8-7-17(26)11-19(18)27)23-30-31-25(32(23)6)35-12-20(33)28-22-15(4)9-14(3)10-16(22)5/h7-11,13,21H,12H2,1-6H3,(H,28,33)(H,29,34)/t21-/m1/s1. The number of carbonyl (C=O) groups excluding carboxylic acids is 2. The second-order valence-corrected chi connectivity index (χ2v) is 10.6. The van der Waals surface area contributed by atoms with Gasteiger partial charge in [0.05, 0.1) is 22.4 Å². The number of benzene rings is 2. The van der Waals surface area contributed by atoms with E-state index < -0.39 is 6.04 Å². The fourth-order valence-corrected chi connectivity index (χ4v) is 5.04. The third-order valence-electron chi connectivity index (χ3n) is 5.55. The lowest BCUT2D eigenvalue weighted by atomic mass is 10.0. The van der Waals surface area contributed by atoms with Gasteiger partial charge in [-0.1, -0.05) is 66.5 Å². The molecule has 1 heterocycles. The average molecular weight is 535 g/mol. The molecule has 0 radical (unpaired) electrons. The Bertz CT molecular complexity index is 1240. The van der Waals surface area contributed by atoms with Crippen molar-refractivity contribution in [2.45, 2.75) is 45.8 Å². The van der Waals surface area contributed by atoms with Gasteiger partial charge in [0.15, 0.2) is 11.0 Å². The summed E-state index contributed by atoms with van der Waals surface area (Å²) in [6, 6.07) is 8.42. The van der Waals surface area contributed by atoms with Gasteiger partial charge in [-0.2, -0.15) is 0 Å². The minimum absolute atomic E-state index is 0.0292. The lowest BCUT2D eigenvalue weighted by Gasteiger charge is -2.22.